The molecule has 6 heteroatoms. The molecule has 4 nitrogen and oxygen atoms in total. The second kappa shape index (κ2) is 12.8. The van der Waals surface area contributed by atoms with E-state index in [1.54, 1.807) is 11.3 Å². The maximum Gasteiger partial charge on any atom is 0.165 e. The molecule has 0 unspecified atom stereocenters. The highest BCUT2D eigenvalue weighted by Gasteiger charge is 2.20. The van der Waals surface area contributed by atoms with Gasteiger partial charge in [0.1, 0.15) is 0 Å². The van der Waals surface area contributed by atoms with Gasteiger partial charge in [0, 0.05) is 67.8 Å². The van der Waals surface area contributed by atoms with Crippen molar-refractivity contribution in [2.75, 3.05) is 0 Å². The van der Waals surface area contributed by atoms with Crippen molar-refractivity contribution in [3.8, 4) is 51.0 Å². The van der Waals surface area contributed by atoms with E-state index in [9.17, 15) is 0 Å². The highest BCUT2D eigenvalue weighted by atomic mass is 32.1. The molecule has 12 aromatic rings. The Hall–Kier alpha value is -6.99. The summed E-state index contributed by atoms with van der Waals surface area (Å²) in [7, 11) is 0. The molecule has 0 aliphatic rings. The van der Waals surface area contributed by atoms with Gasteiger partial charge < -0.3 is 4.57 Å². The summed E-state index contributed by atoms with van der Waals surface area (Å²) < 4.78 is 7.43. The standard InChI is InChI=1S/C51H30N4S2/c1-3-14-31(15-4-1)49-52-50(32-16-5-2-6-17-32)54-51(53-49)38-22-11-21-37-39-30-33(28-29-43(39)57-48(37)38)34-20-12-26-44-46(34)47-42(25-13-27-45(47)56-44)55-40-23-9-7-18-35(40)36-19-8-10-24-41(36)55/h1-30H. The van der Waals surface area contributed by atoms with Crippen molar-refractivity contribution in [3.63, 3.8) is 0 Å². The number of hydrogen-bond donors (Lipinski definition) is 0. The topological polar surface area (TPSA) is 43.6 Å². The fraction of sp³-hybridized carbons (Fsp3) is 0. The van der Waals surface area contributed by atoms with Gasteiger partial charge in [-0.05, 0) is 59.7 Å². The zero-order valence-corrected chi connectivity index (χ0v) is 32.1. The second-order valence-electron chi connectivity index (χ2n) is 14.3. The maximum absolute atomic E-state index is 5.09. The maximum atomic E-state index is 5.09. The van der Waals surface area contributed by atoms with Crippen LogP contribution in [0.2, 0.25) is 0 Å². The van der Waals surface area contributed by atoms with Gasteiger partial charge in [0.05, 0.1) is 16.7 Å². The van der Waals surface area contributed by atoms with Crippen molar-refractivity contribution in [3.05, 3.63) is 182 Å². The lowest BCUT2D eigenvalue weighted by molar-refractivity contribution is 1.08. The molecular formula is C51H30N4S2. The number of benzene rings is 8. The van der Waals surface area contributed by atoms with Crippen LogP contribution in [0, 0.1) is 0 Å². The van der Waals surface area contributed by atoms with E-state index in [1.165, 1.54) is 79.0 Å². The number of fused-ring (bicyclic) bond motifs is 9. The minimum Gasteiger partial charge on any atom is -0.309 e. The first-order valence-corrected chi connectivity index (χ1v) is 20.7. The zero-order valence-electron chi connectivity index (χ0n) is 30.4. The highest BCUT2D eigenvalue weighted by Crippen LogP contribution is 2.46. The minimum atomic E-state index is 0.663. The molecule has 0 aliphatic heterocycles. The molecule has 0 saturated heterocycles. The molecule has 0 radical (unpaired) electrons. The fourth-order valence-electron chi connectivity index (χ4n) is 8.53. The summed E-state index contributed by atoms with van der Waals surface area (Å²) in [5, 5.41) is 7.55. The van der Waals surface area contributed by atoms with E-state index in [4.69, 9.17) is 15.0 Å². The van der Waals surface area contributed by atoms with E-state index in [-0.39, 0.29) is 0 Å². The third-order valence-corrected chi connectivity index (χ3v) is 13.4. The molecule has 0 bridgehead atoms. The number of aromatic nitrogens is 4. The quantitative estimate of drug-likeness (QED) is 0.175. The predicted molar refractivity (Wildman–Crippen MR) is 242 cm³/mol. The molecule has 0 saturated carbocycles. The van der Waals surface area contributed by atoms with Crippen LogP contribution in [0.4, 0.5) is 0 Å². The molecule has 12 rings (SSSR count). The lowest BCUT2D eigenvalue weighted by atomic mass is 9.97. The first-order chi connectivity index (χ1) is 28.3. The SMILES string of the molecule is c1ccc(-c2nc(-c3ccccc3)nc(-c3cccc4c3sc3ccc(-c5cccc6sc7cccc(-n8c9ccccc9c9ccccc98)c7c56)cc34)n2)cc1. The summed E-state index contributed by atoms with van der Waals surface area (Å²) >= 11 is 3.67. The molecule has 0 amide bonds. The zero-order chi connectivity index (χ0) is 37.5. The van der Waals surface area contributed by atoms with Crippen LogP contribution >= 0.6 is 22.7 Å². The van der Waals surface area contributed by atoms with Crippen molar-refractivity contribution in [2.24, 2.45) is 0 Å². The predicted octanol–water partition coefficient (Wildman–Crippen LogP) is 14.4. The third-order valence-electron chi connectivity index (χ3n) is 11.1. The van der Waals surface area contributed by atoms with Crippen LogP contribution in [0.15, 0.2) is 182 Å². The van der Waals surface area contributed by atoms with Crippen molar-refractivity contribution < 1.29 is 0 Å². The molecular weight excluding hydrogens is 733 g/mol. The first kappa shape index (κ1) is 32.3. The van der Waals surface area contributed by atoms with E-state index in [1.807, 2.05) is 47.7 Å². The smallest absolute Gasteiger partial charge is 0.165 e. The van der Waals surface area contributed by atoms with Crippen LogP contribution in [0.25, 0.3) is 113 Å². The normalized spacial score (nSPS) is 11.9. The second-order valence-corrected chi connectivity index (χ2v) is 16.5. The summed E-state index contributed by atoms with van der Waals surface area (Å²) in [6, 6.07) is 64.9. The monoisotopic (exact) mass is 762 g/mol. The van der Waals surface area contributed by atoms with Crippen LogP contribution in [-0.2, 0) is 0 Å². The van der Waals surface area contributed by atoms with Gasteiger partial charge in [-0.2, -0.15) is 0 Å². The Labute approximate surface area is 335 Å². The van der Waals surface area contributed by atoms with Crippen molar-refractivity contribution in [1.82, 2.24) is 19.5 Å². The fourth-order valence-corrected chi connectivity index (χ4v) is 10.9. The van der Waals surface area contributed by atoms with Gasteiger partial charge in [0.15, 0.2) is 17.5 Å². The molecule has 266 valence electrons. The molecule has 0 fully saturated rings. The van der Waals surface area contributed by atoms with Crippen LogP contribution in [0.5, 0.6) is 0 Å². The molecule has 8 aromatic carbocycles. The van der Waals surface area contributed by atoms with Crippen LogP contribution in [-0.4, -0.2) is 19.5 Å². The number of nitrogens with zero attached hydrogens (tertiary/aromatic N) is 4. The Kier molecular flexibility index (Phi) is 7.24. The van der Waals surface area contributed by atoms with Gasteiger partial charge in [-0.3, -0.25) is 0 Å². The van der Waals surface area contributed by atoms with Crippen molar-refractivity contribution >= 4 is 84.8 Å². The molecule has 0 spiro atoms. The highest BCUT2D eigenvalue weighted by molar-refractivity contribution is 7.26. The van der Waals surface area contributed by atoms with Crippen LogP contribution in [0.1, 0.15) is 0 Å². The average Bonchev–Trinajstić information content (AvgIpc) is 3.96. The van der Waals surface area contributed by atoms with Gasteiger partial charge >= 0.3 is 0 Å². The summed E-state index contributed by atoms with van der Waals surface area (Å²) in [6.07, 6.45) is 0. The van der Waals surface area contributed by atoms with Gasteiger partial charge in [0.25, 0.3) is 0 Å². The summed E-state index contributed by atoms with van der Waals surface area (Å²) in [4.78, 5) is 15.1. The Morgan fingerprint density at radius 2 is 0.912 bits per heavy atom. The molecule has 0 atom stereocenters. The number of rotatable bonds is 5. The van der Waals surface area contributed by atoms with Crippen LogP contribution in [0.3, 0.4) is 0 Å². The number of hydrogen-bond acceptors (Lipinski definition) is 5. The Bertz CT molecular complexity index is 3410. The van der Waals surface area contributed by atoms with E-state index < -0.39 is 0 Å². The van der Waals surface area contributed by atoms with E-state index in [0.717, 1.165) is 16.7 Å². The van der Waals surface area contributed by atoms with E-state index >= 15 is 0 Å². The van der Waals surface area contributed by atoms with Crippen LogP contribution < -0.4 is 0 Å². The lowest BCUT2D eigenvalue weighted by Gasteiger charge is -2.12. The molecule has 57 heavy (non-hydrogen) atoms. The summed E-state index contributed by atoms with van der Waals surface area (Å²) in [6.45, 7) is 0. The number of para-hydroxylation sites is 2. The molecule has 0 N–H and O–H groups in total. The van der Waals surface area contributed by atoms with Gasteiger partial charge in [-0.25, -0.2) is 15.0 Å². The summed E-state index contributed by atoms with van der Waals surface area (Å²) in [5.41, 5.74) is 9.01. The van der Waals surface area contributed by atoms with Gasteiger partial charge in [-0.15, -0.1) is 22.7 Å². The Balaban J connectivity index is 1.06. The van der Waals surface area contributed by atoms with Crippen molar-refractivity contribution in [2.45, 2.75) is 0 Å². The van der Waals surface area contributed by atoms with E-state index in [0.29, 0.717) is 17.5 Å². The largest absolute Gasteiger partial charge is 0.309 e. The van der Waals surface area contributed by atoms with Gasteiger partial charge in [0.2, 0.25) is 0 Å². The van der Waals surface area contributed by atoms with E-state index in [2.05, 4.69) is 150 Å². The summed E-state index contributed by atoms with van der Waals surface area (Å²) in [5.74, 6) is 2.00. The molecule has 0 aliphatic carbocycles. The third kappa shape index (κ3) is 5.08. The van der Waals surface area contributed by atoms with Crippen molar-refractivity contribution in [1.29, 1.82) is 0 Å². The Morgan fingerprint density at radius 3 is 1.61 bits per heavy atom. The molecule has 4 heterocycles. The number of thiophene rings is 2. The van der Waals surface area contributed by atoms with Gasteiger partial charge in [-0.1, -0.05) is 133 Å². The molecule has 4 aromatic heterocycles. The first-order valence-electron chi connectivity index (χ1n) is 19.0. The minimum absolute atomic E-state index is 0.663. The Morgan fingerprint density at radius 1 is 0.351 bits per heavy atom. The average molecular weight is 763 g/mol. The lowest BCUT2D eigenvalue weighted by Crippen LogP contribution is -2.00.